The van der Waals surface area contributed by atoms with Crippen LogP contribution in [0.3, 0.4) is 0 Å². The molecule has 0 amide bonds. The van der Waals surface area contributed by atoms with Crippen LogP contribution in [-0.4, -0.2) is 62.3 Å². The van der Waals surface area contributed by atoms with E-state index in [0.717, 1.165) is 64.5 Å². The number of esters is 2. The Kier molecular flexibility index (Phi) is 42.1. The Morgan fingerprint density at radius 3 is 1.17 bits per heavy atom. The van der Waals surface area contributed by atoms with Crippen molar-refractivity contribution < 1.29 is 19.1 Å². The molecule has 0 rings (SSSR count). The third-order valence-corrected chi connectivity index (χ3v) is 11.3. The minimum atomic E-state index is 0.00900. The van der Waals surface area contributed by atoms with Gasteiger partial charge in [0, 0.05) is 12.8 Å². The van der Waals surface area contributed by atoms with E-state index in [4.69, 9.17) is 9.47 Å². The van der Waals surface area contributed by atoms with Gasteiger partial charge >= 0.3 is 11.9 Å². The quantitative estimate of drug-likeness (QED) is 0.0492. The van der Waals surface area contributed by atoms with Gasteiger partial charge in [-0.15, -0.1) is 0 Å². The van der Waals surface area contributed by atoms with E-state index < -0.39 is 0 Å². The van der Waals surface area contributed by atoms with Crippen molar-refractivity contribution in [2.45, 2.75) is 265 Å². The number of unbranched alkanes of at least 4 members (excludes halogenated alkanes) is 23. The normalized spacial score (nSPS) is 12.2. The zero-order chi connectivity index (χ0) is 39.6. The van der Waals surface area contributed by atoms with Gasteiger partial charge in [0.25, 0.3) is 0 Å². The maximum Gasteiger partial charge on any atom is 0.306 e. The fourth-order valence-electron chi connectivity index (χ4n) is 7.64. The standard InChI is InChI=1S/C48H96N2O4/c1-6-10-13-16-21-28-36-45(9-4)53-47(51)39-31-24-19-26-33-42-50(44-35-41-49-5)43-34-27-20-25-32-40-48(52)54-46(37-29-22-17-14-11-7-2)38-30-23-18-15-12-8-3/h45-46,49H,6-44H2,1-5H3. The molecule has 0 saturated carbocycles. The zero-order valence-electron chi connectivity index (χ0n) is 37.3. The monoisotopic (exact) mass is 765 g/mol. The van der Waals surface area contributed by atoms with Gasteiger partial charge in [-0.05, 0) is 110 Å². The smallest absolute Gasteiger partial charge is 0.306 e. The molecule has 6 nitrogen and oxygen atoms in total. The second kappa shape index (κ2) is 43.0. The lowest BCUT2D eigenvalue weighted by atomic mass is 10.0. The van der Waals surface area contributed by atoms with Crippen LogP contribution in [0.5, 0.6) is 0 Å². The summed E-state index contributed by atoms with van der Waals surface area (Å²) in [5.74, 6) is 0.0475. The second-order valence-electron chi connectivity index (χ2n) is 16.6. The highest BCUT2D eigenvalue weighted by Crippen LogP contribution is 2.19. The third kappa shape index (κ3) is 37.8. The van der Waals surface area contributed by atoms with Gasteiger partial charge in [-0.25, -0.2) is 0 Å². The molecule has 0 saturated heterocycles. The molecule has 322 valence electrons. The van der Waals surface area contributed by atoms with E-state index in [1.165, 1.54) is 174 Å². The molecule has 0 aliphatic carbocycles. The number of carbonyl (C=O) groups excluding carboxylic acids is 2. The van der Waals surface area contributed by atoms with Gasteiger partial charge in [-0.3, -0.25) is 9.59 Å². The molecule has 0 fully saturated rings. The van der Waals surface area contributed by atoms with Crippen LogP contribution in [0.25, 0.3) is 0 Å². The Balaban J connectivity index is 4.19. The Labute approximate surface area is 338 Å². The largest absolute Gasteiger partial charge is 0.462 e. The lowest BCUT2D eigenvalue weighted by Gasteiger charge is -2.22. The van der Waals surface area contributed by atoms with Crippen molar-refractivity contribution in [3.8, 4) is 0 Å². The van der Waals surface area contributed by atoms with Crippen LogP contribution in [0.1, 0.15) is 252 Å². The zero-order valence-corrected chi connectivity index (χ0v) is 37.3. The molecule has 0 aliphatic heterocycles. The van der Waals surface area contributed by atoms with E-state index in [9.17, 15) is 9.59 Å². The number of carbonyl (C=O) groups is 2. The summed E-state index contributed by atoms with van der Waals surface area (Å²) >= 11 is 0. The summed E-state index contributed by atoms with van der Waals surface area (Å²) in [4.78, 5) is 27.9. The van der Waals surface area contributed by atoms with Gasteiger partial charge < -0.3 is 19.7 Å². The summed E-state index contributed by atoms with van der Waals surface area (Å²) in [6.07, 6.45) is 41.4. The first-order valence-electron chi connectivity index (χ1n) is 24.3. The highest BCUT2D eigenvalue weighted by atomic mass is 16.5. The van der Waals surface area contributed by atoms with Crippen molar-refractivity contribution in [1.29, 1.82) is 0 Å². The van der Waals surface area contributed by atoms with Crippen molar-refractivity contribution in [2.24, 2.45) is 0 Å². The van der Waals surface area contributed by atoms with Crippen LogP contribution in [0.15, 0.2) is 0 Å². The molecule has 6 heteroatoms. The van der Waals surface area contributed by atoms with Gasteiger partial charge in [0.15, 0.2) is 0 Å². The first kappa shape index (κ1) is 52.9. The molecule has 0 bridgehead atoms. The summed E-state index contributed by atoms with van der Waals surface area (Å²) in [5.41, 5.74) is 0. The highest BCUT2D eigenvalue weighted by Gasteiger charge is 2.15. The molecular weight excluding hydrogens is 669 g/mol. The summed E-state index contributed by atoms with van der Waals surface area (Å²) in [6, 6.07) is 0. The fourth-order valence-corrected chi connectivity index (χ4v) is 7.64. The molecular formula is C48H96N2O4. The van der Waals surface area contributed by atoms with Crippen molar-refractivity contribution in [3.05, 3.63) is 0 Å². The van der Waals surface area contributed by atoms with E-state index in [1.807, 2.05) is 7.05 Å². The Hall–Kier alpha value is -1.14. The Bertz CT molecular complexity index is 762. The lowest BCUT2D eigenvalue weighted by Crippen LogP contribution is -2.29. The number of nitrogens with zero attached hydrogens (tertiary/aromatic N) is 1. The average molecular weight is 765 g/mol. The highest BCUT2D eigenvalue weighted by molar-refractivity contribution is 5.69. The van der Waals surface area contributed by atoms with Gasteiger partial charge in [0.05, 0.1) is 0 Å². The SMILES string of the molecule is CCCCCCCCC(CC)OC(=O)CCCCCCCN(CCCCCCCC(=O)OC(CCCCCCCC)CCCCCCCC)CCCNC. The molecule has 54 heavy (non-hydrogen) atoms. The van der Waals surface area contributed by atoms with Gasteiger partial charge in [-0.2, -0.15) is 0 Å². The van der Waals surface area contributed by atoms with Crippen molar-refractivity contribution in [1.82, 2.24) is 10.2 Å². The van der Waals surface area contributed by atoms with Gasteiger partial charge in [0.1, 0.15) is 12.2 Å². The molecule has 0 spiro atoms. The summed E-state index contributed by atoms with van der Waals surface area (Å²) < 4.78 is 11.9. The average Bonchev–Trinajstić information content (AvgIpc) is 3.17. The van der Waals surface area contributed by atoms with Crippen LogP contribution < -0.4 is 5.32 Å². The molecule has 0 aromatic heterocycles. The molecule has 0 aliphatic rings. The maximum atomic E-state index is 12.8. The van der Waals surface area contributed by atoms with Crippen LogP contribution >= 0.6 is 0 Å². The van der Waals surface area contributed by atoms with E-state index in [1.54, 1.807) is 0 Å². The number of rotatable bonds is 44. The van der Waals surface area contributed by atoms with E-state index in [0.29, 0.717) is 12.8 Å². The van der Waals surface area contributed by atoms with Crippen LogP contribution in [-0.2, 0) is 19.1 Å². The number of ether oxygens (including phenoxy) is 2. The van der Waals surface area contributed by atoms with Crippen molar-refractivity contribution >= 4 is 11.9 Å². The number of nitrogens with one attached hydrogen (secondary N) is 1. The molecule has 1 N–H and O–H groups in total. The van der Waals surface area contributed by atoms with E-state index in [2.05, 4.69) is 37.9 Å². The second-order valence-corrected chi connectivity index (χ2v) is 16.6. The molecule has 0 heterocycles. The molecule has 0 aromatic rings. The molecule has 0 radical (unpaired) electrons. The first-order valence-corrected chi connectivity index (χ1v) is 24.3. The van der Waals surface area contributed by atoms with Crippen molar-refractivity contribution in [3.63, 3.8) is 0 Å². The molecule has 0 aromatic carbocycles. The van der Waals surface area contributed by atoms with Crippen LogP contribution in [0, 0.1) is 0 Å². The molecule has 1 atom stereocenters. The summed E-state index contributed by atoms with van der Waals surface area (Å²) in [7, 11) is 2.04. The lowest BCUT2D eigenvalue weighted by molar-refractivity contribution is -0.150. The maximum absolute atomic E-state index is 12.8. The minimum absolute atomic E-state index is 0.00900. The number of hydrogen-bond donors (Lipinski definition) is 1. The topological polar surface area (TPSA) is 67.9 Å². The van der Waals surface area contributed by atoms with E-state index >= 15 is 0 Å². The fraction of sp³-hybridized carbons (Fsp3) is 0.958. The predicted molar refractivity (Wildman–Crippen MR) is 234 cm³/mol. The van der Waals surface area contributed by atoms with Crippen molar-refractivity contribution in [2.75, 3.05) is 33.2 Å². The number of hydrogen-bond acceptors (Lipinski definition) is 6. The van der Waals surface area contributed by atoms with E-state index in [-0.39, 0.29) is 24.1 Å². The summed E-state index contributed by atoms with van der Waals surface area (Å²) in [5, 5.41) is 3.30. The van der Waals surface area contributed by atoms with Crippen LogP contribution in [0.2, 0.25) is 0 Å². The van der Waals surface area contributed by atoms with Gasteiger partial charge in [0.2, 0.25) is 0 Å². The Morgan fingerprint density at radius 2 is 0.759 bits per heavy atom. The third-order valence-electron chi connectivity index (χ3n) is 11.3. The van der Waals surface area contributed by atoms with Crippen LogP contribution in [0.4, 0.5) is 0 Å². The Morgan fingerprint density at radius 1 is 0.426 bits per heavy atom. The summed E-state index contributed by atoms with van der Waals surface area (Å²) in [6.45, 7) is 13.5. The minimum Gasteiger partial charge on any atom is -0.462 e. The molecule has 1 unspecified atom stereocenters. The van der Waals surface area contributed by atoms with Gasteiger partial charge in [-0.1, -0.05) is 163 Å². The first-order chi connectivity index (χ1) is 26.5. The predicted octanol–water partition coefficient (Wildman–Crippen LogP) is 14.1.